The van der Waals surface area contributed by atoms with Crippen molar-refractivity contribution in [2.24, 2.45) is 11.8 Å². The summed E-state index contributed by atoms with van der Waals surface area (Å²) in [4.78, 5) is 25.3. The van der Waals surface area contributed by atoms with Gasteiger partial charge in [-0.3, -0.25) is 0 Å². The third kappa shape index (κ3) is 6.05. The average Bonchev–Trinajstić information content (AvgIpc) is 3.34. The minimum absolute atomic E-state index is 0.0118. The van der Waals surface area contributed by atoms with Gasteiger partial charge in [-0.2, -0.15) is 0 Å². The normalized spacial score (nSPS) is 33.4. The number of esters is 2. The summed E-state index contributed by atoms with van der Waals surface area (Å²) < 4.78 is 32.5. The number of carbonyl (C=O) groups excluding carboxylic acids is 2. The molecule has 0 radical (unpaired) electrons. The fourth-order valence-electron chi connectivity index (χ4n) is 4.93. The van der Waals surface area contributed by atoms with E-state index in [1.807, 2.05) is 0 Å². The van der Waals surface area contributed by atoms with Crippen molar-refractivity contribution in [3.05, 3.63) is 59.4 Å². The summed E-state index contributed by atoms with van der Waals surface area (Å²) in [5.41, 5.74) is 1.03. The van der Waals surface area contributed by atoms with Gasteiger partial charge in [0.05, 0.1) is 45.2 Å². The Balaban J connectivity index is 1.55. The van der Waals surface area contributed by atoms with Gasteiger partial charge < -0.3 is 54.0 Å². The smallest absolute Gasteiger partial charge is 0.337 e. The summed E-state index contributed by atoms with van der Waals surface area (Å²) in [7, 11) is 2.71. The maximum Gasteiger partial charge on any atom is 0.337 e. The van der Waals surface area contributed by atoms with Crippen LogP contribution in [0.2, 0.25) is 0 Å². The van der Waals surface area contributed by atoms with E-state index in [-0.39, 0.29) is 5.57 Å². The maximum atomic E-state index is 12.7. The first-order chi connectivity index (χ1) is 19.2. The minimum atomic E-state index is -1.72. The molecular formula is C27H32O13. The van der Waals surface area contributed by atoms with E-state index in [0.717, 1.165) is 6.26 Å². The summed E-state index contributed by atoms with van der Waals surface area (Å²) in [5, 5.41) is 50.2. The second-order valence-electron chi connectivity index (χ2n) is 9.36. The number of hydrogen-bond donors (Lipinski definition) is 5. The number of aliphatic hydroxyl groups excluding tert-OH is 5. The molecule has 9 atom stereocenters. The van der Waals surface area contributed by atoms with Crippen LogP contribution < -0.4 is 4.74 Å². The third-order valence-electron chi connectivity index (χ3n) is 7.03. The van der Waals surface area contributed by atoms with Gasteiger partial charge >= 0.3 is 11.9 Å². The number of methoxy groups -OCH3 is 2. The topological polar surface area (TPSA) is 191 Å². The number of rotatable bonds is 9. The van der Waals surface area contributed by atoms with Crippen LogP contribution in [0.3, 0.4) is 0 Å². The van der Waals surface area contributed by atoms with Crippen molar-refractivity contribution in [3.8, 4) is 5.75 Å². The molecule has 4 rings (SSSR count). The SMILES string of the molecule is COC(=O)C1=CO[C@@H](O[C@@H]2O[C@H](CO)[C@@H](O)[C@H](O)[C@H]2O)[C@@H]2C(CO)=C[C@@H](OC(=O)/C=C/c3ccc(OC)cc3)[C@H]12. The van der Waals surface area contributed by atoms with Gasteiger partial charge in [0.1, 0.15) is 36.3 Å². The van der Waals surface area contributed by atoms with Crippen molar-refractivity contribution >= 4 is 18.0 Å². The maximum absolute atomic E-state index is 12.7. The molecule has 0 unspecified atom stereocenters. The molecular weight excluding hydrogens is 532 g/mol. The van der Waals surface area contributed by atoms with Crippen molar-refractivity contribution in [3.63, 3.8) is 0 Å². The summed E-state index contributed by atoms with van der Waals surface area (Å²) in [6, 6.07) is 6.95. The van der Waals surface area contributed by atoms with E-state index in [0.29, 0.717) is 16.9 Å². The second kappa shape index (κ2) is 12.9. The number of carbonyl (C=O) groups is 2. The van der Waals surface area contributed by atoms with Gasteiger partial charge in [0.2, 0.25) is 6.29 Å². The number of benzene rings is 1. The molecule has 1 aromatic rings. The zero-order chi connectivity index (χ0) is 29.0. The van der Waals surface area contributed by atoms with E-state index in [1.165, 1.54) is 32.4 Å². The predicted molar refractivity (Wildman–Crippen MR) is 134 cm³/mol. The molecule has 13 heteroatoms. The fraction of sp³-hybridized carbons (Fsp3) is 0.481. The molecule has 1 fully saturated rings. The summed E-state index contributed by atoms with van der Waals surface area (Å²) in [6.45, 7) is -1.18. The van der Waals surface area contributed by atoms with Crippen molar-refractivity contribution in [2.45, 2.75) is 43.1 Å². The van der Waals surface area contributed by atoms with Crippen LogP contribution in [0.5, 0.6) is 5.75 Å². The minimum Gasteiger partial charge on any atom is -0.497 e. The lowest BCUT2D eigenvalue weighted by molar-refractivity contribution is -0.340. The molecule has 1 aromatic carbocycles. The average molecular weight is 565 g/mol. The standard InChI is InChI=1S/C27H32O13/c1-35-15-6-3-13(4-7-15)5-8-19(30)38-17-9-14(10-28)20-21(17)16(25(34)36-2)12-37-26(20)40-27-24(33)23(32)22(31)18(11-29)39-27/h3-9,12,17-18,20-24,26-29,31-33H,10-11H2,1-2H3/b8-5+/t17-,18-,20-,21+,22-,23+,24-,26+,27+/m1/s1. The van der Waals surface area contributed by atoms with E-state index in [9.17, 15) is 35.1 Å². The Bertz CT molecular complexity index is 1140. The highest BCUT2D eigenvalue weighted by atomic mass is 16.8. The first-order valence-electron chi connectivity index (χ1n) is 12.5. The van der Waals surface area contributed by atoms with Crippen LogP contribution >= 0.6 is 0 Å². The van der Waals surface area contributed by atoms with E-state index >= 15 is 0 Å². The highest BCUT2D eigenvalue weighted by Crippen LogP contribution is 2.45. The molecule has 2 heterocycles. The lowest BCUT2D eigenvalue weighted by atomic mass is 9.82. The Labute approximate surface area is 229 Å². The molecule has 1 aliphatic carbocycles. The van der Waals surface area contributed by atoms with Gasteiger partial charge in [0, 0.05) is 12.0 Å². The van der Waals surface area contributed by atoms with Crippen LogP contribution in [-0.4, -0.2) is 108 Å². The van der Waals surface area contributed by atoms with Crippen molar-refractivity contribution in [1.29, 1.82) is 0 Å². The van der Waals surface area contributed by atoms with E-state index in [4.69, 9.17) is 28.4 Å². The first kappa shape index (κ1) is 29.7. The first-order valence-corrected chi connectivity index (χ1v) is 12.5. The van der Waals surface area contributed by atoms with Crippen molar-refractivity contribution in [1.82, 2.24) is 0 Å². The molecule has 0 aromatic heterocycles. The molecule has 1 saturated heterocycles. The number of aliphatic hydroxyl groups is 5. The Morgan fingerprint density at radius 2 is 1.70 bits per heavy atom. The molecule has 218 valence electrons. The Morgan fingerprint density at radius 3 is 2.33 bits per heavy atom. The van der Waals surface area contributed by atoms with Gasteiger partial charge in [-0.25, -0.2) is 9.59 Å². The van der Waals surface area contributed by atoms with Crippen LogP contribution in [0.15, 0.2) is 53.8 Å². The van der Waals surface area contributed by atoms with E-state index in [1.54, 1.807) is 24.3 Å². The molecule has 3 aliphatic rings. The quantitative estimate of drug-likeness (QED) is 0.140. The Kier molecular flexibility index (Phi) is 9.58. The summed E-state index contributed by atoms with van der Waals surface area (Å²) >= 11 is 0. The summed E-state index contributed by atoms with van der Waals surface area (Å²) in [6.07, 6.45) is -4.82. The largest absolute Gasteiger partial charge is 0.497 e. The zero-order valence-electron chi connectivity index (χ0n) is 21.7. The summed E-state index contributed by atoms with van der Waals surface area (Å²) in [5.74, 6) is -2.64. The van der Waals surface area contributed by atoms with Crippen LogP contribution in [0, 0.1) is 11.8 Å². The lowest BCUT2D eigenvalue weighted by Crippen LogP contribution is -2.60. The predicted octanol–water partition coefficient (Wildman–Crippen LogP) is -0.985. The Hall–Kier alpha value is -3.30. The molecule has 13 nitrogen and oxygen atoms in total. The lowest BCUT2D eigenvalue weighted by Gasteiger charge is -2.43. The van der Waals surface area contributed by atoms with E-state index < -0.39 is 80.1 Å². The molecule has 2 aliphatic heterocycles. The van der Waals surface area contributed by atoms with Crippen LogP contribution in [0.1, 0.15) is 5.56 Å². The monoisotopic (exact) mass is 564 g/mol. The van der Waals surface area contributed by atoms with Crippen LogP contribution in [0.25, 0.3) is 6.08 Å². The molecule has 0 amide bonds. The zero-order valence-corrected chi connectivity index (χ0v) is 21.7. The second-order valence-corrected chi connectivity index (χ2v) is 9.36. The van der Waals surface area contributed by atoms with Gasteiger partial charge in [-0.05, 0) is 35.4 Å². The van der Waals surface area contributed by atoms with Gasteiger partial charge in [0.25, 0.3) is 0 Å². The number of ether oxygens (including phenoxy) is 6. The fourth-order valence-corrected chi connectivity index (χ4v) is 4.93. The highest BCUT2D eigenvalue weighted by Gasteiger charge is 2.53. The molecule has 0 saturated carbocycles. The number of hydrogen-bond acceptors (Lipinski definition) is 13. The van der Waals surface area contributed by atoms with E-state index in [2.05, 4.69) is 0 Å². The van der Waals surface area contributed by atoms with Gasteiger partial charge in [-0.15, -0.1) is 0 Å². The van der Waals surface area contributed by atoms with Crippen LogP contribution in [0.4, 0.5) is 0 Å². The molecule has 5 N–H and O–H groups in total. The highest BCUT2D eigenvalue weighted by molar-refractivity contribution is 5.90. The number of fused-ring (bicyclic) bond motifs is 1. The molecule has 0 bridgehead atoms. The van der Waals surface area contributed by atoms with Gasteiger partial charge in [0.15, 0.2) is 6.29 Å². The van der Waals surface area contributed by atoms with Gasteiger partial charge in [-0.1, -0.05) is 12.1 Å². The Morgan fingerprint density at radius 1 is 0.975 bits per heavy atom. The van der Waals surface area contributed by atoms with Crippen LogP contribution in [-0.2, 0) is 33.3 Å². The van der Waals surface area contributed by atoms with Crippen molar-refractivity contribution in [2.75, 3.05) is 27.4 Å². The third-order valence-corrected chi connectivity index (χ3v) is 7.03. The molecule has 0 spiro atoms. The van der Waals surface area contributed by atoms with Crippen molar-refractivity contribution < 1.29 is 63.5 Å². The molecule has 40 heavy (non-hydrogen) atoms.